The maximum absolute atomic E-state index is 11.4. The molecule has 1 amide bonds. The van der Waals surface area contributed by atoms with Crippen LogP contribution in [0.5, 0.6) is 0 Å². The van der Waals surface area contributed by atoms with Crippen LogP contribution in [0.1, 0.15) is 42.6 Å². The molecule has 0 fully saturated rings. The number of aryl methyl sites for hydroxylation is 1. The number of nitrogen functional groups attached to an aromatic ring is 1. The van der Waals surface area contributed by atoms with Gasteiger partial charge in [0.25, 0.3) is 0 Å². The van der Waals surface area contributed by atoms with Gasteiger partial charge >= 0.3 is 5.91 Å². The second-order valence-electron chi connectivity index (χ2n) is 4.89. The number of furan rings is 1. The molecule has 0 unspecified atom stereocenters. The molecule has 0 aliphatic rings. The predicted octanol–water partition coefficient (Wildman–Crippen LogP) is 1.67. The van der Waals surface area contributed by atoms with Crippen LogP contribution in [0.2, 0.25) is 0 Å². The first-order valence-electron chi connectivity index (χ1n) is 6.30. The SMILES string of the molecule is CCN(Cc1cc(C(=O)NN)oc1C)CC(C)C. The van der Waals surface area contributed by atoms with Gasteiger partial charge in [0.1, 0.15) is 5.76 Å². The van der Waals surface area contributed by atoms with Gasteiger partial charge in [-0.25, -0.2) is 5.84 Å². The maximum Gasteiger partial charge on any atom is 0.300 e. The average Bonchev–Trinajstić information content (AvgIpc) is 2.68. The average molecular weight is 253 g/mol. The third-order valence-corrected chi connectivity index (χ3v) is 2.84. The number of carbonyl (C=O) groups is 1. The Morgan fingerprint density at radius 1 is 1.56 bits per heavy atom. The van der Waals surface area contributed by atoms with Crippen molar-refractivity contribution in [1.29, 1.82) is 0 Å². The Hall–Kier alpha value is -1.33. The fraction of sp³-hybridized carbons (Fsp3) is 0.615. The molecular weight excluding hydrogens is 230 g/mol. The predicted molar refractivity (Wildman–Crippen MR) is 70.9 cm³/mol. The van der Waals surface area contributed by atoms with Gasteiger partial charge in [0.05, 0.1) is 0 Å². The monoisotopic (exact) mass is 253 g/mol. The van der Waals surface area contributed by atoms with Gasteiger partial charge < -0.3 is 4.42 Å². The number of hydrazine groups is 1. The molecule has 1 aromatic rings. The lowest BCUT2D eigenvalue weighted by Crippen LogP contribution is -2.29. The van der Waals surface area contributed by atoms with Crippen molar-refractivity contribution >= 4 is 5.91 Å². The number of nitrogens with one attached hydrogen (secondary N) is 1. The van der Waals surface area contributed by atoms with Crippen molar-refractivity contribution in [2.75, 3.05) is 13.1 Å². The summed E-state index contributed by atoms with van der Waals surface area (Å²) in [6.07, 6.45) is 0. The van der Waals surface area contributed by atoms with E-state index in [1.807, 2.05) is 6.92 Å². The topological polar surface area (TPSA) is 71.5 Å². The number of hydrogen-bond donors (Lipinski definition) is 2. The van der Waals surface area contributed by atoms with E-state index >= 15 is 0 Å². The molecular formula is C13H23N3O2. The largest absolute Gasteiger partial charge is 0.456 e. The molecule has 0 aromatic carbocycles. The molecule has 1 heterocycles. The van der Waals surface area contributed by atoms with E-state index in [1.165, 1.54) is 0 Å². The van der Waals surface area contributed by atoms with Crippen LogP contribution in [0.4, 0.5) is 0 Å². The smallest absolute Gasteiger partial charge is 0.300 e. The minimum absolute atomic E-state index is 0.269. The lowest BCUT2D eigenvalue weighted by Gasteiger charge is -2.21. The summed E-state index contributed by atoms with van der Waals surface area (Å²) in [6, 6.07) is 1.76. The quantitative estimate of drug-likeness (QED) is 0.459. The van der Waals surface area contributed by atoms with Crippen molar-refractivity contribution in [2.24, 2.45) is 11.8 Å². The Morgan fingerprint density at radius 3 is 2.72 bits per heavy atom. The zero-order chi connectivity index (χ0) is 13.7. The highest BCUT2D eigenvalue weighted by Gasteiger charge is 2.15. The molecule has 18 heavy (non-hydrogen) atoms. The van der Waals surface area contributed by atoms with Crippen molar-refractivity contribution in [3.63, 3.8) is 0 Å². The number of amides is 1. The minimum atomic E-state index is -0.392. The fourth-order valence-electron chi connectivity index (χ4n) is 1.92. The Kier molecular flexibility index (Phi) is 5.37. The normalized spacial score (nSPS) is 11.3. The van der Waals surface area contributed by atoms with Crippen LogP contribution >= 0.6 is 0 Å². The third kappa shape index (κ3) is 3.85. The summed E-state index contributed by atoms with van der Waals surface area (Å²) in [6.45, 7) is 11.2. The Morgan fingerprint density at radius 2 is 2.22 bits per heavy atom. The van der Waals surface area contributed by atoms with Crippen LogP contribution in [0.3, 0.4) is 0 Å². The third-order valence-electron chi connectivity index (χ3n) is 2.84. The number of nitrogens with zero attached hydrogens (tertiary/aromatic N) is 1. The van der Waals surface area contributed by atoms with E-state index in [2.05, 4.69) is 31.1 Å². The highest BCUT2D eigenvalue weighted by atomic mass is 16.4. The number of rotatable bonds is 6. The van der Waals surface area contributed by atoms with Gasteiger partial charge in [-0.05, 0) is 25.5 Å². The second-order valence-corrected chi connectivity index (χ2v) is 4.89. The van der Waals surface area contributed by atoms with E-state index in [0.29, 0.717) is 5.92 Å². The van der Waals surface area contributed by atoms with Crippen molar-refractivity contribution in [1.82, 2.24) is 10.3 Å². The van der Waals surface area contributed by atoms with E-state index in [0.717, 1.165) is 31.0 Å². The Labute approximate surface area is 108 Å². The van der Waals surface area contributed by atoms with Crippen molar-refractivity contribution in [2.45, 2.75) is 34.2 Å². The van der Waals surface area contributed by atoms with Crippen LogP contribution in [0, 0.1) is 12.8 Å². The first kappa shape index (κ1) is 14.7. The fourth-order valence-corrected chi connectivity index (χ4v) is 1.92. The molecule has 1 rings (SSSR count). The van der Waals surface area contributed by atoms with E-state index in [9.17, 15) is 4.79 Å². The Balaban J connectivity index is 2.77. The van der Waals surface area contributed by atoms with Crippen molar-refractivity contribution in [3.8, 4) is 0 Å². The summed E-state index contributed by atoms with van der Waals surface area (Å²) in [5.74, 6) is 6.35. The van der Waals surface area contributed by atoms with Gasteiger partial charge in [-0.15, -0.1) is 0 Å². The molecule has 102 valence electrons. The van der Waals surface area contributed by atoms with Crippen LogP contribution in [0.15, 0.2) is 10.5 Å². The summed E-state index contributed by atoms with van der Waals surface area (Å²) in [4.78, 5) is 13.7. The standard InChI is InChI=1S/C13H23N3O2/c1-5-16(7-9(2)3)8-11-6-12(13(17)15-14)18-10(11)4/h6,9H,5,7-8,14H2,1-4H3,(H,15,17). The highest BCUT2D eigenvalue weighted by Crippen LogP contribution is 2.17. The summed E-state index contributed by atoms with van der Waals surface area (Å²) in [5, 5.41) is 0. The van der Waals surface area contributed by atoms with Gasteiger partial charge in [0, 0.05) is 18.7 Å². The molecule has 0 spiro atoms. The van der Waals surface area contributed by atoms with Crippen LogP contribution < -0.4 is 11.3 Å². The molecule has 0 bridgehead atoms. The van der Waals surface area contributed by atoms with Crippen LogP contribution in [-0.2, 0) is 6.54 Å². The molecule has 1 aromatic heterocycles. The zero-order valence-corrected chi connectivity index (χ0v) is 11.6. The molecule has 3 N–H and O–H groups in total. The molecule has 5 heteroatoms. The Bertz CT molecular complexity index is 399. The first-order chi connectivity index (χ1) is 8.47. The number of hydrogen-bond acceptors (Lipinski definition) is 4. The minimum Gasteiger partial charge on any atom is -0.456 e. The van der Waals surface area contributed by atoms with Crippen molar-refractivity contribution < 1.29 is 9.21 Å². The van der Waals surface area contributed by atoms with E-state index < -0.39 is 5.91 Å². The number of carbonyl (C=O) groups excluding carboxylic acids is 1. The lowest BCUT2D eigenvalue weighted by atomic mass is 10.1. The molecule has 5 nitrogen and oxygen atoms in total. The van der Waals surface area contributed by atoms with E-state index in [-0.39, 0.29) is 5.76 Å². The summed E-state index contributed by atoms with van der Waals surface area (Å²) in [7, 11) is 0. The zero-order valence-electron chi connectivity index (χ0n) is 11.6. The maximum atomic E-state index is 11.4. The van der Waals surface area contributed by atoms with Gasteiger partial charge in [0.15, 0.2) is 5.76 Å². The first-order valence-corrected chi connectivity index (χ1v) is 6.30. The van der Waals surface area contributed by atoms with Gasteiger partial charge in [-0.3, -0.25) is 15.1 Å². The second kappa shape index (κ2) is 6.56. The summed E-state index contributed by atoms with van der Waals surface area (Å²) < 4.78 is 5.40. The molecule has 0 atom stereocenters. The van der Waals surface area contributed by atoms with Gasteiger partial charge in [-0.2, -0.15) is 0 Å². The van der Waals surface area contributed by atoms with E-state index in [1.54, 1.807) is 6.07 Å². The van der Waals surface area contributed by atoms with Crippen LogP contribution in [-0.4, -0.2) is 23.9 Å². The molecule has 0 radical (unpaired) electrons. The van der Waals surface area contributed by atoms with Gasteiger partial charge in [0.2, 0.25) is 0 Å². The molecule has 0 saturated carbocycles. The number of nitrogens with two attached hydrogens (primary N) is 1. The molecule has 0 aliphatic carbocycles. The molecule has 0 saturated heterocycles. The van der Waals surface area contributed by atoms with Gasteiger partial charge in [-0.1, -0.05) is 20.8 Å². The van der Waals surface area contributed by atoms with Crippen molar-refractivity contribution in [3.05, 3.63) is 23.2 Å². The van der Waals surface area contributed by atoms with E-state index in [4.69, 9.17) is 10.3 Å². The summed E-state index contributed by atoms with van der Waals surface area (Å²) in [5.41, 5.74) is 3.11. The molecule has 0 aliphatic heterocycles. The lowest BCUT2D eigenvalue weighted by molar-refractivity contribution is 0.0924. The van der Waals surface area contributed by atoms with Crippen LogP contribution in [0.25, 0.3) is 0 Å². The summed E-state index contributed by atoms with van der Waals surface area (Å²) >= 11 is 0. The highest BCUT2D eigenvalue weighted by molar-refractivity contribution is 5.91.